The molecule has 0 aromatic carbocycles. The Bertz CT molecular complexity index is 283. The lowest BCUT2D eigenvalue weighted by Gasteiger charge is -2.26. The van der Waals surface area contributed by atoms with Crippen molar-refractivity contribution in [2.24, 2.45) is 0 Å². The molecule has 0 aromatic rings. The minimum Gasteiger partial charge on any atom is -0.377 e. The highest BCUT2D eigenvalue weighted by molar-refractivity contribution is 5.88. The van der Waals surface area contributed by atoms with E-state index in [9.17, 15) is 4.79 Å². The maximum absolute atomic E-state index is 12.5. The third-order valence-corrected chi connectivity index (χ3v) is 3.77. The van der Waals surface area contributed by atoms with Crippen molar-refractivity contribution < 1.29 is 9.53 Å². The van der Waals surface area contributed by atoms with Crippen molar-refractivity contribution in [1.82, 2.24) is 10.2 Å². The van der Waals surface area contributed by atoms with Gasteiger partial charge in [0.05, 0.1) is 17.8 Å². The molecule has 3 unspecified atom stereocenters. The fraction of sp³-hybridized carbons (Fsp3) is 0.929. The molecular weight excluding hydrogens is 228 g/mol. The highest BCUT2D eigenvalue weighted by Gasteiger charge is 2.46. The van der Waals surface area contributed by atoms with Gasteiger partial charge < -0.3 is 9.64 Å². The quantitative estimate of drug-likeness (QED) is 0.759. The average Bonchev–Trinajstić information content (AvgIpc) is 2.56. The van der Waals surface area contributed by atoms with Gasteiger partial charge in [0.1, 0.15) is 0 Å². The monoisotopic (exact) mass is 256 g/mol. The summed E-state index contributed by atoms with van der Waals surface area (Å²) in [6.45, 7) is 11.6. The molecule has 1 rings (SSSR count). The predicted molar refractivity (Wildman–Crippen MR) is 73.3 cm³/mol. The molecule has 4 nitrogen and oxygen atoms in total. The van der Waals surface area contributed by atoms with Gasteiger partial charge in [-0.15, -0.1) is 0 Å². The molecule has 0 saturated carbocycles. The summed E-state index contributed by atoms with van der Waals surface area (Å²) in [5, 5.41) is 3.49. The van der Waals surface area contributed by atoms with Gasteiger partial charge in [-0.25, -0.2) is 0 Å². The smallest absolute Gasteiger partial charge is 0.243 e. The van der Waals surface area contributed by atoms with Crippen LogP contribution < -0.4 is 5.32 Å². The van der Waals surface area contributed by atoms with Crippen LogP contribution in [0.1, 0.15) is 53.9 Å². The Labute approximate surface area is 111 Å². The van der Waals surface area contributed by atoms with Crippen molar-refractivity contribution in [2.45, 2.75) is 71.7 Å². The highest BCUT2D eigenvalue weighted by Crippen LogP contribution is 2.26. The lowest BCUT2D eigenvalue weighted by atomic mass is 9.99. The van der Waals surface area contributed by atoms with Crippen LogP contribution >= 0.6 is 0 Å². The molecule has 18 heavy (non-hydrogen) atoms. The first kappa shape index (κ1) is 15.4. The Morgan fingerprint density at radius 2 is 2.11 bits per heavy atom. The van der Waals surface area contributed by atoms with Crippen molar-refractivity contribution >= 4 is 5.91 Å². The van der Waals surface area contributed by atoms with Gasteiger partial charge in [-0.3, -0.25) is 10.1 Å². The van der Waals surface area contributed by atoms with Crippen LogP contribution in [0.3, 0.4) is 0 Å². The maximum Gasteiger partial charge on any atom is 0.243 e. The summed E-state index contributed by atoms with van der Waals surface area (Å²) in [6.07, 6.45) is 3.16. The summed E-state index contributed by atoms with van der Waals surface area (Å²) >= 11 is 0. The Hall–Kier alpha value is -0.610. The van der Waals surface area contributed by atoms with Crippen molar-refractivity contribution in [1.29, 1.82) is 0 Å². The number of carbonyl (C=O) groups excluding carboxylic acids is 1. The third-order valence-electron chi connectivity index (χ3n) is 3.77. The number of hydrogen-bond donors (Lipinski definition) is 1. The zero-order valence-electron chi connectivity index (χ0n) is 12.5. The van der Waals surface area contributed by atoms with E-state index in [-0.39, 0.29) is 18.2 Å². The molecule has 1 heterocycles. The highest BCUT2D eigenvalue weighted by atomic mass is 16.5. The first-order valence-corrected chi connectivity index (χ1v) is 7.18. The molecule has 0 spiro atoms. The van der Waals surface area contributed by atoms with E-state index in [1.807, 2.05) is 25.7 Å². The summed E-state index contributed by atoms with van der Waals surface area (Å²) in [5.74, 6) is 0.218. The Morgan fingerprint density at radius 1 is 1.44 bits per heavy atom. The number of nitrogens with one attached hydrogen (secondary N) is 1. The fourth-order valence-corrected chi connectivity index (χ4v) is 2.54. The summed E-state index contributed by atoms with van der Waals surface area (Å²) in [7, 11) is 0. The van der Waals surface area contributed by atoms with Gasteiger partial charge in [0, 0.05) is 13.2 Å². The van der Waals surface area contributed by atoms with E-state index in [0.717, 1.165) is 19.3 Å². The molecule has 0 radical (unpaired) electrons. The zero-order chi connectivity index (χ0) is 13.8. The molecule has 3 atom stereocenters. The van der Waals surface area contributed by atoms with Gasteiger partial charge in [0.2, 0.25) is 5.91 Å². The number of rotatable bonds is 7. The standard InChI is InChI=1S/C14H28N2O2/c1-6-9-12-15-14(5,7-2)13(17)16(12)10-11(4)18-8-3/h11-12,15H,6-10H2,1-5H3. The number of amides is 1. The number of hydrogen-bond acceptors (Lipinski definition) is 3. The van der Waals surface area contributed by atoms with E-state index in [4.69, 9.17) is 4.74 Å². The van der Waals surface area contributed by atoms with Crippen molar-refractivity contribution in [3.05, 3.63) is 0 Å². The van der Waals surface area contributed by atoms with Crippen molar-refractivity contribution in [3.8, 4) is 0 Å². The second-order valence-electron chi connectivity index (χ2n) is 5.36. The minimum atomic E-state index is -0.397. The lowest BCUT2D eigenvalue weighted by molar-refractivity contribution is -0.134. The van der Waals surface area contributed by atoms with Crippen LogP contribution in [-0.4, -0.2) is 41.8 Å². The molecule has 1 fully saturated rings. The van der Waals surface area contributed by atoms with E-state index >= 15 is 0 Å². The molecule has 106 valence electrons. The molecule has 1 amide bonds. The van der Waals surface area contributed by atoms with Gasteiger partial charge >= 0.3 is 0 Å². The van der Waals surface area contributed by atoms with E-state index in [2.05, 4.69) is 19.2 Å². The molecule has 4 heteroatoms. The van der Waals surface area contributed by atoms with Crippen LogP contribution in [-0.2, 0) is 9.53 Å². The first-order chi connectivity index (χ1) is 8.48. The molecule has 0 aromatic heterocycles. The largest absolute Gasteiger partial charge is 0.377 e. The molecule has 1 aliphatic rings. The van der Waals surface area contributed by atoms with Gasteiger partial charge in [-0.05, 0) is 33.6 Å². The minimum absolute atomic E-state index is 0.0966. The number of carbonyl (C=O) groups is 1. The summed E-state index contributed by atoms with van der Waals surface area (Å²) in [4.78, 5) is 14.5. The fourth-order valence-electron chi connectivity index (χ4n) is 2.54. The normalized spacial score (nSPS) is 29.9. The number of ether oxygens (including phenoxy) is 1. The second kappa shape index (κ2) is 6.53. The molecular formula is C14H28N2O2. The lowest BCUT2D eigenvalue weighted by Crippen LogP contribution is -2.44. The predicted octanol–water partition coefficient (Wildman–Crippen LogP) is 2.14. The van der Waals surface area contributed by atoms with Crippen LogP contribution in [0.15, 0.2) is 0 Å². The second-order valence-corrected chi connectivity index (χ2v) is 5.36. The molecule has 0 aliphatic carbocycles. The van der Waals surface area contributed by atoms with Crippen LogP contribution in [0.4, 0.5) is 0 Å². The van der Waals surface area contributed by atoms with Crippen molar-refractivity contribution in [2.75, 3.05) is 13.2 Å². The average molecular weight is 256 g/mol. The van der Waals surface area contributed by atoms with Crippen LogP contribution in [0, 0.1) is 0 Å². The third kappa shape index (κ3) is 3.23. The first-order valence-electron chi connectivity index (χ1n) is 7.18. The molecule has 0 bridgehead atoms. The van der Waals surface area contributed by atoms with E-state index < -0.39 is 5.54 Å². The maximum atomic E-state index is 12.5. The topological polar surface area (TPSA) is 41.6 Å². The Balaban J connectivity index is 2.74. The summed E-state index contributed by atoms with van der Waals surface area (Å²) < 4.78 is 5.56. The Morgan fingerprint density at radius 3 is 2.61 bits per heavy atom. The van der Waals surface area contributed by atoms with Gasteiger partial charge in [0.25, 0.3) is 0 Å². The zero-order valence-corrected chi connectivity index (χ0v) is 12.5. The summed E-state index contributed by atoms with van der Waals surface area (Å²) in [6, 6.07) is 0. The van der Waals surface area contributed by atoms with Crippen LogP contribution in [0.5, 0.6) is 0 Å². The molecule has 1 aliphatic heterocycles. The van der Waals surface area contributed by atoms with Crippen LogP contribution in [0.25, 0.3) is 0 Å². The van der Waals surface area contributed by atoms with E-state index in [1.54, 1.807) is 0 Å². The van der Waals surface area contributed by atoms with Gasteiger partial charge in [-0.2, -0.15) is 0 Å². The summed E-state index contributed by atoms with van der Waals surface area (Å²) in [5.41, 5.74) is -0.397. The van der Waals surface area contributed by atoms with E-state index in [1.165, 1.54) is 0 Å². The van der Waals surface area contributed by atoms with Crippen LogP contribution in [0.2, 0.25) is 0 Å². The van der Waals surface area contributed by atoms with Gasteiger partial charge in [-0.1, -0.05) is 20.3 Å². The van der Waals surface area contributed by atoms with Gasteiger partial charge in [0.15, 0.2) is 0 Å². The van der Waals surface area contributed by atoms with Crippen molar-refractivity contribution in [3.63, 3.8) is 0 Å². The molecule has 1 saturated heterocycles. The Kier molecular flexibility index (Phi) is 5.60. The van der Waals surface area contributed by atoms with E-state index in [0.29, 0.717) is 13.2 Å². The number of nitrogens with zero attached hydrogens (tertiary/aromatic N) is 1. The molecule has 1 N–H and O–H groups in total. The SMILES string of the molecule is CCCC1NC(C)(CC)C(=O)N1CC(C)OCC.